The van der Waals surface area contributed by atoms with Crippen LogP contribution in [0.5, 0.6) is 0 Å². The highest BCUT2D eigenvalue weighted by Gasteiger charge is 2.21. The molecule has 5 heteroatoms. The maximum atomic E-state index is 12.3. The van der Waals surface area contributed by atoms with E-state index in [2.05, 4.69) is 5.32 Å². The molecule has 0 heterocycles. The second kappa shape index (κ2) is 9.56. The van der Waals surface area contributed by atoms with Gasteiger partial charge >= 0.3 is 0 Å². The molecule has 0 saturated heterocycles. The fraction of sp³-hybridized carbons (Fsp3) is 0.350. The Bertz CT molecular complexity index is 674. The Balaban J connectivity index is 0.00000225. The summed E-state index contributed by atoms with van der Waals surface area (Å²) in [5.41, 5.74) is 8.90. The molecule has 3 N–H and O–H groups in total. The topological polar surface area (TPSA) is 64.4 Å². The summed E-state index contributed by atoms with van der Waals surface area (Å²) in [5.74, 6) is 0.582. The average molecular weight is 361 g/mol. The second-order valence-electron chi connectivity index (χ2n) is 6.44. The number of rotatable bonds is 8. The number of nitrogens with two attached hydrogens (primary N) is 1. The molecule has 1 saturated carbocycles. The quantitative estimate of drug-likeness (QED) is 0.756. The number of carbonyl (C=O) groups is 1. The molecule has 4 nitrogen and oxygen atoms in total. The number of amides is 1. The van der Waals surface area contributed by atoms with Crippen LogP contribution in [-0.2, 0) is 22.6 Å². The molecule has 2 aromatic rings. The molecule has 1 fully saturated rings. The molecule has 0 aliphatic heterocycles. The zero-order chi connectivity index (χ0) is 16.8. The van der Waals surface area contributed by atoms with Gasteiger partial charge in [0.15, 0.2) is 0 Å². The number of nitrogens with one attached hydrogen (secondary N) is 1. The van der Waals surface area contributed by atoms with Crippen molar-refractivity contribution in [3.8, 4) is 0 Å². The first-order valence-corrected chi connectivity index (χ1v) is 8.48. The SMILES string of the molecule is Cl.N[C@@H](Cc1ccccc1)C(=O)Nc1cccc(COCC2CC2)c1. The number of halogens is 1. The van der Waals surface area contributed by atoms with Gasteiger partial charge in [-0.1, -0.05) is 42.5 Å². The van der Waals surface area contributed by atoms with Crippen LogP contribution >= 0.6 is 12.4 Å². The van der Waals surface area contributed by atoms with Crippen LogP contribution in [0, 0.1) is 5.92 Å². The minimum Gasteiger partial charge on any atom is -0.376 e. The van der Waals surface area contributed by atoms with Gasteiger partial charge in [-0.2, -0.15) is 0 Å². The van der Waals surface area contributed by atoms with Crippen molar-refractivity contribution in [2.75, 3.05) is 11.9 Å². The lowest BCUT2D eigenvalue weighted by Gasteiger charge is -2.13. The van der Waals surface area contributed by atoms with Gasteiger partial charge in [0.2, 0.25) is 5.91 Å². The normalized spacial score (nSPS) is 14.4. The van der Waals surface area contributed by atoms with E-state index in [0.29, 0.717) is 13.0 Å². The van der Waals surface area contributed by atoms with Gasteiger partial charge in [-0.15, -0.1) is 12.4 Å². The van der Waals surface area contributed by atoms with Crippen molar-refractivity contribution >= 4 is 24.0 Å². The van der Waals surface area contributed by atoms with Gasteiger partial charge in [-0.3, -0.25) is 4.79 Å². The highest BCUT2D eigenvalue weighted by molar-refractivity contribution is 5.94. The van der Waals surface area contributed by atoms with Crippen LogP contribution in [0.1, 0.15) is 24.0 Å². The van der Waals surface area contributed by atoms with E-state index < -0.39 is 6.04 Å². The fourth-order valence-corrected chi connectivity index (χ4v) is 2.56. The van der Waals surface area contributed by atoms with E-state index >= 15 is 0 Å². The molecule has 0 spiro atoms. The summed E-state index contributed by atoms with van der Waals surface area (Å²) in [4.78, 5) is 12.3. The van der Waals surface area contributed by atoms with Crippen LogP contribution in [0.4, 0.5) is 5.69 Å². The van der Waals surface area contributed by atoms with Crippen molar-refractivity contribution in [2.45, 2.75) is 31.9 Å². The molecule has 134 valence electrons. The van der Waals surface area contributed by atoms with Gasteiger partial charge < -0.3 is 15.8 Å². The van der Waals surface area contributed by atoms with Gasteiger partial charge in [0.1, 0.15) is 0 Å². The van der Waals surface area contributed by atoms with Gasteiger partial charge in [0, 0.05) is 12.3 Å². The molecule has 1 aliphatic rings. The Hall–Kier alpha value is -1.88. The van der Waals surface area contributed by atoms with Crippen molar-refractivity contribution in [3.63, 3.8) is 0 Å². The zero-order valence-corrected chi connectivity index (χ0v) is 15.0. The maximum absolute atomic E-state index is 12.3. The lowest BCUT2D eigenvalue weighted by Crippen LogP contribution is -2.37. The Kier molecular flexibility index (Phi) is 7.44. The highest BCUT2D eigenvalue weighted by atomic mass is 35.5. The highest BCUT2D eigenvalue weighted by Crippen LogP contribution is 2.29. The summed E-state index contributed by atoms with van der Waals surface area (Å²) in [6, 6.07) is 17.0. The van der Waals surface area contributed by atoms with Crippen LogP contribution in [-0.4, -0.2) is 18.6 Å². The van der Waals surface area contributed by atoms with Crippen LogP contribution in [0.15, 0.2) is 54.6 Å². The average Bonchev–Trinajstić information content (AvgIpc) is 3.40. The molecule has 0 aromatic heterocycles. The van der Waals surface area contributed by atoms with E-state index in [1.807, 2.05) is 54.6 Å². The van der Waals surface area contributed by atoms with E-state index in [0.717, 1.165) is 29.3 Å². The molecular weight excluding hydrogens is 336 g/mol. The largest absolute Gasteiger partial charge is 0.376 e. The smallest absolute Gasteiger partial charge is 0.241 e. The molecule has 0 radical (unpaired) electrons. The summed E-state index contributed by atoms with van der Waals surface area (Å²) in [6.45, 7) is 1.41. The molecule has 3 rings (SSSR count). The first-order valence-electron chi connectivity index (χ1n) is 8.48. The lowest BCUT2D eigenvalue weighted by atomic mass is 10.1. The Morgan fingerprint density at radius 2 is 1.84 bits per heavy atom. The Labute approximate surface area is 155 Å². The first kappa shape index (κ1) is 19.4. The third-order valence-corrected chi connectivity index (χ3v) is 4.15. The molecule has 0 unspecified atom stereocenters. The van der Waals surface area contributed by atoms with Crippen LogP contribution < -0.4 is 11.1 Å². The van der Waals surface area contributed by atoms with Gasteiger partial charge in [0.05, 0.1) is 12.6 Å². The Morgan fingerprint density at radius 1 is 1.12 bits per heavy atom. The van der Waals surface area contributed by atoms with Gasteiger partial charge in [-0.25, -0.2) is 0 Å². The molecule has 1 aliphatic carbocycles. The van der Waals surface area contributed by atoms with Gasteiger partial charge in [-0.05, 0) is 48.4 Å². The summed E-state index contributed by atoms with van der Waals surface area (Å²) >= 11 is 0. The van der Waals surface area contributed by atoms with Crippen molar-refractivity contribution in [1.29, 1.82) is 0 Å². The summed E-state index contributed by atoms with van der Waals surface area (Å²) in [7, 11) is 0. The predicted molar refractivity (Wildman–Crippen MR) is 103 cm³/mol. The number of ether oxygens (including phenoxy) is 1. The minimum absolute atomic E-state index is 0. The molecular formula is C20H25ClN2O2. The second-order valence-corrected chi connectivity index (χ2v) is 6.44. The first-order chi connectivity index (χ1) is 11.7. The zero-order valence-electron chi connectivity index (χ0n) is 14.2. The van der Waals surface area contributed by atoms with Crippen molar-refractivity contribution < 1.29 is 9.53 Å². The Morgan fingerprint density at radius 3 is 2.56 bits per heavy atom. The lowest BCUT2D eigenvalue weighted by molar-refractivity contribution is -0.117. The summed E-state index contributed by atoms with van der Waals surface area (Å²) in [5, 5.41) is 2.89. The summed E-state index contributed by atoms with van der Waals surface area (Å²) in [6.07, 6.45) is 3.10. The van der Waals surface area contributed by atoms with Crippen LogP contribution in [0.25, 0.3) is 0 Å². The molecule has 2 aromatic carbocycles. The monoisotopic (exact) mass is 360 g/mol. The molecule has 1 atom stereocenters. The summed E-state index contributed by atoms with van der Waals surface area (Å²) < 4.78 is 5.69. The van der Waals surface area contributed by atoms with E-state index in [4.69, 9.17) is 10.5 Å². The number of hydrogen-bond acceptors (Lipinski definition) is 3. The minimum atomic E-state index is -0.567. The predicted octanol–water partition coefficient (Wildman–Crippen LogP) is 3.54. The van der Waals surface area contributed by atoms with E-state index in [1.165, 1.54) is 12.8 Å². The molecule has 1 amide bonds. The third kappa shape index (κ3) is 6.50. The van der Waals surface area contributed by atoms with Crippen molar-refractivity contribution in [2.24, 2.45) is 11.7 Å². The molecule has 0 bridgehead atoms. The number of hydrogen-bond donors (Lipinski definition) is 2. The number of carbonyl (C=O) groups excluding carboxylic acids is 1. The van der Waals surface area contributed by atoms with Gasteiger partial charge in [0.25, 0.3) is 0 Å². The maximum Gasteiger partial charge on any atom is 0.241 e. The number of anilines is 1. The van der Waals surface area contributed by atoms with E-state index in [1.54, 1.807) is 0 Å². The van der Waals surface area contributed by atoms with E-state index in [9.17, 15) is 4.79 Å². The van der Waals surface area contributed by atoms with Crippen molar-refractivity contribution in [1.82, 2.24) is 0 Å². The van der Waals surface area contributed by atoms with Crippen LogP contribution in [0.3, 0.4) is 0 Å². The molecule has 25 heavy (non-hydrogen) atoms. The van der Waals surface area contributed by atoms with E-state index in [-0.39, 0.29) is 18.3 Å². The van der Waals surface area contributed by atoms with Crippen molar-refractivity contribution in [3.05, 3.63) is 65.7 Å². The van der Waals surface area contributed by atoms with Crippen LogP contribution in [0.2, 0.25) is 0 Å². The standard InChI is InChI=1S/C20H24N2O2.ClH/c21-19(12-15-5-2-1-3-6-15)20(23)22-18-8-4-7-17(11-18)14-24-13-16-9-10-16;/h1-8,11,16,19H,9-10,12-14,21H2,(H,22,23);1H/t19-;/m0./s1. The third-order valence-electron chi connectivity index (χ3n) is 4.15. The number of benzene rings is 2. The fourth-order valence-electron chi connectivity index (χ4n) is 2.56.